The van der Waals surface area contributed by atoms with E-state index in [-0.39, 0.29) is 0 Å². The van der Waals surface area contributed by atoms with E-state index < -0.39 is 0 Å². The molecule has 0 saturated carbocycles. The molecule has 0 saturated heterocycles. The van der Waals surface area contributed by atoms with Crippen molar-refractivity contribution in [2.24, 2.45) is 7.05 Å². The molecule has 0 amide bonds. The predicted molar refractivity (Wildman–Crippen MR) is 72.6 cm³/mol. The Balaban J connectivity index is 2.14. The minimum absolute atomic E-state index is 0.447. The van der Waals surface area contributed by atoms with Crippen molar-refractivity contribution in [2.45, 2.75) is 46.1 Å². The number of hydrogen-bond acceptors (Lipinski definition) is 2. The normalized spacial score (nSPS) is 12.9. The Morgan fingerprint density at radius 3 is 2.61 bits per heavy atom. The van der Waals surface area contributed by atoms with Crippen molar-refractivity contribution in [2.75, 3.05) is 0 Å². The van der Waals surface area contributed by atoms with Crippen molar-refractivity contribution in [1.82, 2.24) is 19.6 Å². The van der Waals surface area contributed by atoms with E-state index in [0.29, 0.717) is 5.92 Å². The van der Waals surface area contributed by atoms with Crippen molar-refractivity contribution in [3.63, 3.8) is 0 Å². The second-order valence-corrected chi connectivity index (χ2v) is 4.78. The second-order valence-electron chi connectivity index (χ2n) is 4.78. The molecule has 0 aliphatic carbocycles. The molecule has 0 aliphatic heterocycles. The van der Waals surface area contributed by atoms with E-state index in [9.17, 15) is 0 Å². The summed E-state index contributed by atoms with van der Waals surface area (Å²) >= 11 is 0. The summed E-state index contributed by atoms with van der Waals surface area (Å²) in [5.41, 5.74) is 3.77. The quantitative estimate of drug-likeness (QED) is 0.812. The summed E-state index contributed by atoms with van der Waals surface area (Å²) in [7, 11) is 1.99. The first-order chi connectivity index (χ1) is 8.65. The van der Waals surface area contributed by atoms with Crippen molar-refractivity contribution in [1.29, 1.82) is 0 Å². The summed E-state index contributed by atoms with van der Waals surface area (Å²) in [5.74, 6) is 0.447. The Bertz CT molecular complexity index is 488. The molecule has 2 heterocycles. The van der Waals surface area contributed by atoms with Gasteiger partial charge in [-0.05, 0) is 31.9 Å². The summed E-state index contributed by atoms with van der Waals surface area (Å²) in [4.78, 5) is 0. The number of aromatic nitrogens is 4. The fourth-order valence-electron chi connectivity index (χ4n) is 2.46. The van der Waals surface area contributed by atoms with Crippen LogP contribution in [0.15, 0.2) is 18.3 Å². The Morgan fingerprint density at radius 2 is 2.11 bits per heavy atom. The molecule has 2 rings (SSSR count). The zero-order valence-electron chi connectivity index (χ0n) is 11.7. The predicted octanol–water partition coefficient (Wildman–Crippen LogP) is 2.55. The van der Waals surface area contributed by atoms with E-state index in [0.717, 1.165) is 19.4 Å². The molecule has 1 atom stereocenters. The highest BCUT2D eigenvalue weighted by atomic mass is 15.3. The molecular weight excluding hydrogens is 224 g/mol. The lowest BCUT2D eigenvalue weighted by Crippen LogP contribution is -2.06. The van der Waals surface area contributed by atoms with Crippen LogP contribution in [0.2, 0.25) is 0 Å². The van der Waals surface area contributed by atoms with Gasteiger partial charge in [-0.25, -0.2) is 0 Å². The SMILES string of the molecule is CCc1cc(CC(C)c2ccnn2C)nn1CC. The van der Waals surface area contributed by atoms with Gasteiger partial charge in [-0.3, -0.25) is 9.36 Å². The third-order valence-corrected chi connectivity index (χ3v) is 3.45. The fraction of sp³-hybridized carbons (Fsp3) is 0.571. The third kappa shape index (κ3) is 2.47. The molecule has 4 heteroatoms. The van der Waals surface area contributed by atoms with E-state index in [1.54, 1.807) is 0 Å². The van der Waals surface area contributed by atoms with Crippen LogP contribution >= 0.6 is 0 Å². The average molecular weight is 246 g/mol. The van der Waals surface area contributed by atoms with Crippen molar-refractivity contribution in [3.05, 3.63) is 35.4 Å². The maximum Gasteiger partial charge on any atom is 0.0634 e. The number of hydrogen-bond donors (Lipinski definition) is 0. The highest BCUT2D eigenvalue weighted by Crippen LogP contribution is 2.19. The lowest BCUT2D eigenvalue weighted by atomic mass is 10.0. The zero-order valence-corrected chi connectivity index (χ0v) is 11.7. The topological polar surface area (TPSA) is 35.6 Å². The highest BCUT2D eigenvalue weighted by Gasteiger charge is 2.13. The van der Waals surface area contributed by atoms with Crippen molar-refractivity contribution in [3.8, 4) is 0 Å². The van der Waals surface area contributed by atoms with Crippen LogP contribution in [0.4, 0.5) is 0 Å². The van der Waals surface area contributed by atoms with Gasteiger partial charge in [-0.1, -0.05) is 13.8 Å². The minimum Gasteiger partial charge on any atom is -0.272 e. The van der Waals surface area contributed by atoms with Gasteiger partial charge in [-0.15, -0.1) is 0 Å². The lowest BCUT2D eigenvalue weighted by Gasteiger charge is -2.09. The van der Waals surface area contributed by atoms with Crippen LogP contribution in [0, 0.1) is 0 Å². The van der Waals surface area contributed by atoms with E-state index in [4.69, 9.17) is 0 Å². The summed E-state index contributed by atoms with van der Waals surface area (Å²) in [6.07, 6.45) is 3.87. The number of aryl methyl sites for hydroxylation is 3. The van der Waals surface area contributed by atoms with Gasteiger partial charge in [0, 0.05) is 37.1 Å². The molecule has 0 N–H and O–H groups in total. The first-order valence-corrected chi connectivity index (χ1v) is 6.69. The molecule has 0 aromatic carbocycles. The summed E-state index contributed by atoms with van der Waals surface area (Å²) in [6, 6.07) is 4.32. The molecular formula is C14H22N4. The Labute approximate surface area is 109 Å². The largest absolute Gasteiger partial charge is 0.272 e. The van der Waals surface area contributed by atoms with E-state index in [1.165, 1.54) is 17.1 Å². The zero-order chi connectivity index (χ0) is 13.1. The molecule has 2 aromatic rings. The number of rotatable bonds is 5. The van der Waals surface area contributed by atoms with Crippen LogP contribution in [0.5, 0.6) is 0 Å². The van der Waals surface area contributed by atoms with Crippen LogP contribution in [-0.4, -0.2) is 19.6 Å². The first-order valence-electron chi connectivity index (χ1n) is 6.69. The maximum atomic E-state index is 4.67. The van der Waals surface area contributed by atoms with Gasteiger partial charge in [0.05, 0.1) is 5.69 Å². The Morgan fingerprint density at radius 1 is 1.33 bits per heavy atom. The molecule has 0 fully saturated rings. The standard InChI is InChI=1S/C14H22N4/c1-5-13-10-12(16-18(13)6-2)9-11(3)14-7-8-15-17(14)4/h7-8,10-11H,5-6,9H2,1-4H3. The van der Waals surface area contributed by atoms with E-state index >= 15 is 0 Å². The lowest BCUT2D eigenvalue weighted by molar-refractivity contribution is 0.595. The highest BCUT2D eigenvalue weighted by molar-refractivity contribution is 5.15. The summed E-state index contributed by atoms with van der Waals surface area (Å²) in [5, 5.41) is 8.89. The molecule has 0 spiro atoms. The van der Waals surface area contributed by atoms with Gasteiger partial charge in [0.25, 0.3) is 0 Å². The first kappa shape index (κ1) is 12.9. The molecule has 98 valence electrons. The Hall–Kier alpha value is -1.58. The molecule has 0 aliphatic rings. The van der Waals surface area contributed by atoms with Gasteiger partial charge in [0.2, 0.25) is 0 Å². The molecule has 0 radical (unpaired) electrons. The molecule has 18 heavy (non-hydrogen) atoms. The van der Waals surface area contributed by atoms with Gasteiger partial charge < -0.3 is 0 Å². The van der Waals surface area contributed by atoms with Gasteiger partial charge in [0.1, 0.15) is 0 Å². The van der Waals surface area contributed by atoms with Crippen LogP contribution < -0.4 is 0 Å². The van der Waals surface area contributed by atoms with Crippen molar-refractivity contribution < 1.29 is 0 Å². The van der Waals surface area contributed by atoms with Crippen LogP contribution in [0.25, 0.3) is 0 Å². The third-order valence-electron chi connectivity index (χ3n) is 3.45. The molecule has 0 bridgehead atoms. The molecule has 1 unspecified atom stereocenters. The summed E-state index contributed by atoms with van der Waals surface area (Å²) in [6.45, 7) is 7.49. The van der Waals surface area contributed by atoms with Gasteiger partial charge in [-0.2, -0.15) is 10.2 Å². The van der Waals surface area contributed by atoms with Crippen LogP contribution in [0.1, 0.15) is 43.8 Å². The molecule has 4 nitrogen and oxygen atoms in total. The number of nitrogens with zero attached hydrogens (tertiary/aromatic N) is 4. The van der Waals surface area contributed by atoms with Crippen LogP contribution in [-0.2, 0) is 26.4 Å². The van der Waals surface area contributed by atoms with Crippen LogP contribution in [0.3, 0.4) is 0 Å². The second kappa shape index (κ2) is 5.38. The van der Waals surface area contributed by atoms with Gasteiger partial charge >= 0.3 is 0 Å². The van der Waals surface area contributed by atoms with Gasteiger partial charge in [0.15, 0.2) is 0 Å². The fourth-order valence-corrected chi connectivity index (χ4v) is 2.46. The van der Waals surface area contributed by atoms with E-state index in [2.05, 4.69) is 47.8 Å². The minimum atomic E-state index is 0.447. The van der Waals surface area contributed by atoms with Crippen molar-refractivity contribution >= 4 is 0 Å². The summed E-state index contributed by atoms with van der Waals surface area (Å²) < 4.78 is 4.05. The average Bonchev–Trinajstić information content (AvgIpc) is 2.94. The monoisotopic (exact) mass is 246 g/mol. The smallest absolute Gasteiger partial charge is 0.0634 e. The van der Waals surface area contributed by atoms with E-state index in [1.807, 2.05) is 17.9 Å². The maximum absolute atomic E-state index is 4.67. The Kier molecular flexibility index (Phi) is 3.84. The molecule has 2 aromatic heterocycles.